The van der Waals surface area contributed by atoms with Gasteiger partial charge >= 0.3 is 12.4 Å². The molecule has 2 aliphatic heterocycles. The molecule has 4 amide bonds. The van der Waals surface area contributed by atoms with E-state index in [-0.39, 0.29) is 17.8 Å². The number of anilines is 1. The summed E-state index contributed by atoms with van der Waals surface area (Å²) in [6, 6.07) is 7.09. The summed E-state index contributed by atoms with van der Waals surface area (Å²) in [7, 11) is 0. The van der Waals surface area contributed by atoms with E-state index in [2.05, 4.69) is 10.1 Å². The van der Waals surface area contributed by atoms with Crippen molar-refractivity contribution in [1.82, 2.24) is 10.6 Å². The molecule has 0 radical (unpaired) electrons. The molecule has 2 heterocycles. The lowest BCUT2D eigenvalue weighted by atomic mass is 9.91. The molecule has 0 aliphatic carbocycles. The maximum atomic E-state index is 13.2. The molecule has 0 aromatic heterocycles. The summed E-state index contributed by atoms with van der Waals surface area (Å²) in [5.41, 5.74) is -1.48. The number of ether oxygens (including phenoxy) is 1. The molecule has 7 nitrogen and oxygen atoms in total. The predicted molar refractivity (Wildman–Crippen MR) is 109 cm³/mol. The van der Waals surface area contributed by atoms with Crippen LogP contribution >= 0.6 is 23.2 Å². The Morgan fingerprint density at radius 3 is 2.44 bits per heavy atom. The van der Waals surface area contributed by atoms with Crippen LogP contribution in [0.15, 0.2) is 42.5 Å². The zero-order valence-electron chi connectivity index (χ0n) is 15.8. The average Bonchev–Trinajstić information content (AvgIpc) is 3.12. The quantitative estimate of drug-likeness (QED) is 0.506. The first-order chi connectivity index (χ1) is 15.0. The molecule has 166 valence electrons. The highest BCUT2D eigenvalue weighted by Crippen LogP contribution is 2.44. The summed E-state index contributed by atoms with van der Waals surface area (Å²) in [6.07, 6.45) is -1.74. The van der Waals surface area contributed by atoms with Gasteiger partial charge in [-0.3, -0.25) is 14.9 Å². The highest BCUT2D eigenvalue weighted by atomic mass is 35.5. The zero-order valence-corrected chi connectivity index (χ0v) is 17.3. The molecule has 32 heavy (non-hydrogen) atoms. The van der Waals surface area contributed by atoms with Crippen LogP contribution in [0.4, 0.5) is 23.7 Å². The van der Waals surface area contributed by atoms with Crippen LogP contribution in [0.5, 0.6) is 5.75 Å². The Bertz CT molecular complexity index is 1190. The maximum absolute atomic E-state index is 13.2. The predicted octanol–water partition coefficient (Wildman–Crippen LogP) is 3.99. The molecule has 4 rings (SSSR count). The highest BCUT2D eigenvalue weighted by Gasteiger charge is 2.61. The van der Waals surface area contributed by atoms with Crippen LogP contribution in [0.3, 0.4) is 0 Å². The van der Waals surface area contributed by atoms with E-state index in [9.17, 15) is 27.6 Å². The number of benzene rings is 2. The summed E-state index contributed by atoms with van der Waals surface area (Å²) in [5, 5.41) is 4.90. The lowest BCUT2D eigenvalue weighted by Gasteiger charge is -2.20. The fraction of sp³-hybridized carbons (Fsp3) is 0.150. The Balaban J connectivity index is 1.70. The van der Waals surface area contributed by atoms with Gasteiger partial charge < -0.3 is 15.0 Å². The number of fused-ring (bicyclic) bond motifs is 2. The molecule has 1 spiro atoms. The molecule has 2 aromatic carbocycles. The van der Waals surface area contributed by atoms with E-state index in [1.54, 1.807) is 30.4 Å². The molecule has 1 fully saturated rings. The smallest absolute Gasteiger partial charge is 0.406 e. The number of alkyl halides is 3. The molecule has 1 unspecified atom stereocenters. The lowest BCUT2D eigenvalue weighted by Crippen LogP contribution is -2.52. The summed E-state index contributed by atoms with van der Waals surface area (Å²) >= 11 is 11.9. The molecule has 0 saturated carbocycles. The number of carbonyl (C=O) groups is 3. The number of urea groups is 1. The minimum absolute atomic E-state index is 0.0452. The Hall–Kier alpha value is -3.24. The van der Waals surface area contributed by atoms with E-state index in [4.69, 9.17) is 23.2 Å². The minimum Gasteiger partial charge on any atom is -0.406 e. The third-order valence-electron chi connectivity index (χ3n) is 4.87. The highest BCUT2D eigenvalue weighted by molar-refractivity contribution is 6.42. The number of hydrogen-bond acceptors (Lipinski definition) is 4. The van der Waals surface area contributed by atoms with E-state index in [0.717, 1.165) is 12.1 Å². The fourth-order valence-electron chi connectivity index (χ4n) is 3.56. The average molecular weight is 486 g/mol. The van der Waals surface area contributed by atoms with Crippen LogP contribution in [0.1, 0.15) is 11.1 Å². The monoisotopic (exact) mass is 485 g/mol. The van der Waals surface area contributed by atoms with Gasteiger partial charge in [0.1, 0.15) is 5.75 Å². The van der Waals surface area contributed by atoms with Gasteiger partial charge in [0.2, 0.25) is 5.54 Å². The number of imide groups is 1. The van der Waals surface area contributed by atoms with Crippen LogP contribution in [0.2, 0.25) is 10.0 Å². The van der Waals surface area contributed by atoms with Gasteiger partial charge in [0.15, 0.2) is 0 Å². The maximum Gasteiger partial charge on any atom is 0.573 e. The Kier molecular flexibility index (Phi) is 5.30. The van der Waals surface area contributed by atoms with E-state index in [1.807, 2.05) is 5.32 Å². The fourth-order valence-corrected chi connectivity index (χ4v) is 3.87. The Morgan fingerprint density at radius 1 is 1.06 bits per heavy atom. The SMILES string of the molecule is O=C1NC(=O)C2(N1)C(=O)N(CC=Cc1ccc(Cl)c(Cl)c1)c1ccc(OC(F)(F)F)cc12. The topological polar surface area (TPSA) is 87.7 Å². The molecule has 12 heteroatoms. The van der Waals surface area contributed by atoms with Gasteiger partial charge in [-0.15, -0.1) is 13.2 Å². The molecule has 2 N–H and O–H groups in total. The number of rotatable bonds is 4. The van der Waals surface area contributed by atoms with E-state index >= 15 is 0 Å². The summed E-state index contributed by atoms with van der Waals surface area (Å²) < 4.78 is 41.9. The molecule has 1 saturated heterocycles. The molecule has 2 aromatic rings. The lowest BCUT2D eigenvalue weighted by molar-refractivity contribution is -0.274. The standard InChI is InChI=1S/C20H12Cl2F3N3O4/c21-13-5-3-10(8-14(13)22)2-1-7-28-15-6-4-11(32-20(23,24)25)9-12(15)19(17(28)30)16(29)26-18(31)27-19/h1-6,8-9H,7H2,(H2,26,27,29,31). The molecular weight excluding hydrogens is 474 g/mol. The van der Waals surface area contributed by atoms with Crippen molar-refractivity contribution in [2.45, 2.75) is 11.9 Å². The number of carbonyl (C=O) groups excluding carboxylic acids is 3. The number of nitrogens with one attached hydrogen (secondary N) is 2. The van der Waals surface area contributed by atoms with Crippen molar-refractivity contribution in [3.05, 3.63) is 63.6 Å². The second-order valence-electron chi connectivity index (χ2n) is 6.88. The zero-order chi connectivity index (χ0) is 23.3. The first-order valence-electron chi connectivity index (χ1n) is 8.99. The van der Waals surface area contributed by atoms with Crippen LogP contribution in [0.25, 0.3) is 6.08 Å². The van der Waals surface area contributed by atoms with Crippen LogP contribution in [0, 0.1) is 0 Å². The van der Waals surface area contributed by atoms with E-state index < -0.39 is 35.5 Å². The van der Waals surface area contributed by atoms with Crippen molar-refractivity contribution in [2.24, 2.45) is 0 Å². The molecule has 1 atom stereocenters. The van der Waals surface area contributed by atoms with Crippen LogP contribution < -0.4 is 20.3 Å². The summed E-state index contributed by atoms with van der Waals surface area (Å²) in [5.74, 6) is -2.45. The van der Waals surface area contributed by atoms with Gasteiger partial charge in [0.25, 0.3) is 11.8 Å². The number of amides is 4. The van der Waals surface area contributed by atoms with Gasteiger partial charge in [-0.25, -0.2) is 4.79 Å². The van der Waals surface area contributed by atoms with Crippen molar-refractivity contribution in [1.29, 1.82) is 0 Å². The van der Waals surface area contributed by atoms with Crippen molar-refractivity contribution in [2.75, 3.05) is 11.4 Å². The molecule has 2 aliphatic rings. The van der Waals surface area contributed by atoms with Gasteiger partial charge in [0.05, 0.1) is 15.7 Å². The Morgan fingerprint density at radius 2 is 1.81 bits per heavy atom. The molecule has 0 bridgehead atoms. The van der Waals surface area contributed by atoms with Gasteiger partial charge in [0, 0.05) is 12.1 Å². The largest absolute Gasteiger partial charge is 0.573 e. The van der Waals surface area contributed by atoms with Gasteiger partial charge in [-0.1, -0.05) is 41.4 Å². The first kappa shape index (κ1) is 22.0. The second-order valence-corrected chi connectivity index (χ2v) is 7.69. The van der Waals surface area contributed by atoms with Crippen molar-refractivity contribution in [3.63, 3.8) is 0 Å². The van der Waals surface area contributed by atoms with Crippen LogP contribution in [-0.2, 0) is 15.1 Å². The third-order valence-corrected chi connectivity index (χ3v) is 5.61. The number of halogens is 5. The van der Waals surface area contributed by atoms with E-state index in [0.29, 0.717) is 15.6 Å². The van der Waals surface area contributed by atoms with Gasteiger partial charge in [-0.05, 0) is 35.9 Å². The number of nitrogens with zero attached hydrogens (tertiary/aromatic N) is 1. The van der Waals surface area contributed by atoms with Crippen molar-refractivity contribution >= 4 is 52.8 Å². The second kappa shape index (κ2) is 7.72. The minimum atomic E-state index is -4.98. The van der Waals surface area contributed by atoms with Gasteiger partial charge in [-0.2, -0.15) is 0 Å². The Labute approximate surface area is 188 Å². The summed E-state index contributed by atoms with van der Waals surface area (Å²) in [6.45, 7) is -0.0452. The first-order valence-corrected chi connectivity index (χ1v) is 9.74. The summed E-state index contributed by atoms with van der Waals surface area (Å²) in [4.78, 5) is 38.7. The van der Waals surface area contributed by atoms with Crippen molar-refractivity contribution < 1.29 is 32.3 Å². The normalized spacial score (nSPS) is 20.2. The number of hydrogen-bond donors (Lipinski definition) is 2. The van der Waals surface area contributed by atoms with Crippen LogP contribution in [-0.4, -0.2) is 30.8 Å². The third kappa shape index (κ3) is 3.76. The van der Waals surface area contributed by atoms with E-state index in [1.165, 1.54) is 11.0 Å². The molecular formula is C20H12Cl2F3N3O4. The van der Waals surface area contributed by atoms with Crippen molar-refractivity contribution in [3.8, 4) is 5.75 Å².